The van der Waals surface area contributed by atoms with Crippen LogP contribution in [0.25, 0.3) is 11.3 Å². The lowest BCUT2D eigenvalue weighted by molar-refractivity contribution is -0.128. The number of amides is 1. The van der Waals surface area contributed by atoms with Crippen molar-refractivity contribution in [1.29, 1.82) is 0 Å². The van der Waals surface area contributed by atoms with Crippen LogP contribution in [-0.4, -0.2) is 53.2 Å². The molecule has 1 aromatic heterocycles. The van der Waals surface area contributed by atoms with Gasteiger partial charge in [-0.15, -0.1) is 0 Å². The fourth-order valence-electron chi connectivity index (χ4n) is 3.79. The minimum Gasteiger partial charge on any atom is -0.492 e. The summed E-state index contributed by atoms with van der Waals surface area (Å²) in [5.41, 5.74) is 5.73. The first kappa shape index (κ1) is 20.2. The van der Waals surface area contributed by atoms with Crippen LogP contribution in [0.1, 0.15) is 23.1 Å². The van der Waals surface area contributed by atoms with Crippen LogP contribution in [0.3, 0.4) is 0 Å². The Hall–Kier alpha value is -3.12. The highest BCUT2D eigenvalue weighted by atomic mass is 16.5. The van der Waals surface area contributed by atoms with Gasteiger partial charge in [-0.2, -0.15) is 5.10 Å². The fraction of sp³-hybridized carbons (Fsp3) is 0.333. The Morgan fingerprint density at radius 3 is 2.83 bits per heavy atom. The maximum atomic E-state index is 11.9. The molecule has 0 aliphatic carbocycles. The van der Waals surface area contributed by atoms with Gasteiger partial charge in [0, 0.05) is 51.3 Å². The first-order chi connectivity index (χ1) is 14.6. The summed E-state index contributed by atoms with van der Waals surface area (Å²) in [5.74, 6) is 1.09. The van der Waals surface area contributed by atoms with Gasteiger partial charge in [-0.25, -0.2) is 0 Å². The van der Waals surface area contributed by atoms with Crippen molar-refractivity contribution in [3.05, 3.63) is 71.4 Å². The zero-order valence-electron chi connectivity index (χ0n) is 17.6. The largest absolute Gasteiger partial charge is 0.492 e. The maximum absolute atomic E-state index is 11.9. The third kappa shape index (κ3) is 4.71. The molecule has 1 amide bonds. The van der Waals surface area contributed by atoms with Gasteiger partial charge in [0.05, 0.1) is 11.9 Å². The van der Waals surface area contributed by atoms with Crippen molar-refractivity contribution in [1.82, 2.24) is 20.0 Å². The maximum Gasteiger partial charge on any atom is 0.222 e. The summed E-state index contributed by atoms with van der Waals surface area (Å²) in [6.45, 7) is 3.11. The Morgan fingerprint density at radius 2 is 2.03 bits per heavy atom. The highest BCUT2D eigenvalue weighted by molar-refractivity contribution is 5.75. The van der Waals surface area contributed by atoms with E-state index in [1.165, 1.54) is 16.7 Å². The molecular formula is C24H28N4O2. The third-order valence-corrected chi connectivity index (χ3v) is 5.48. The number of nitrogens with zero attached hydrogens (tertiary/aromatic N) is 3. The number of rotatable bonds is 6. The van der Waals surface area contributed by atoms with E-state index in [9.17, 15) is 4.79 Å². The smallest absolute Gasteiger partial charge is 0.222 e. The van der Waals surface area contributed by atoms with E-state index in [-0.39, 0.29) is 5.91 Å². The molecule has 0 bridgehead atoms. The number of H-pyrrole nitrogens is 1. The predicted molar refractivity (Wildman–Crippen MR) is 117 cm³/mol. The SMILES string of the molecule is CN(C)C(=O)CCc1ccc2c(c1)CN(Cc1cn[nH]c1-c1ccccc1)CCO2. The molecular weight excluding hydrogens is 376 g/mol. The first-order valence-corrected chi connectivity index (χ1v) is 10.3. The molecule has 0 spiro atoms. The quantitative estimate of drug-likeness (QED) is 0.683. The molecule has 0 unspecified atom stereocenters. The molecule has 2 heterocycles. The van der Waals surface area contributed by atoms with E-state index in [4.69, 9.17) is 4.74 Å². The number of hydrogen-bond donors (Lipinski definition) is 1. The van der Waals surface area contributed by atoms with Crippen LogP contribution < -0.4 is 4.74 Å². The van der Waals surface area contributed by atoms with E-state index in [1.54, 1.807) is 19.0 Å². The van der Waals surface area contributed by atoms with E-state index in [0.29, 0.717) is 13.0 Å². The van der Waals surface area contributed by atoms with Crippen LogP contribution in [0.4, 0.5) is 0 Å². The van der Waals surface area contributed by atoms with Gasteiger partial charge in [-0.05, 0) is 23.6 Å². The molecule has 0 atom stereocenters. The van der Waals surface area contributed by atoms with Gasteiger partial charge in [0.15, 0.2) is 0 Å². The highest BCUT2D eigenvalue weighted by Gasteiger charge is 2.18. The van der Waals surface area contributed by atoms with Gasteiger partial charge in [-0.3, -0.25) is 14.8 Å². The first-order valence-electron chi connectivity index (χ1n) is 10.3. The number of nitrogens with one attached hydrogen (secondary N) is 1. The molecule has 0 saturated carbocycles. The summed E-state index contributed by atoms with van der Waals surface area (Å²) in [7, 11) is 3.59. The van der Waals surface area contributed by atoms with E-state index >= 15 is 0 Å². The number of hydrogen-bond acceptors (Lipinski definition) is 4. The molecule has 6 heteroatoms. The highest BCUT2D eigenvalue weighted by Crippen LogP contribution is 2.27. The lowest BCUT2D eigenvalue weighted by atomic mass is 10.0. The zero-order chi connectivity index (χ0) is 20.9. The summed E-state index contributed by atoms with van der Waals surface area (Å²) in [5, 5.41) is 7.43. The molecule has 1 N–H and O–H groups in total. The fourth-order valence-corrected chi connectivity index (χ4v) is 3.79. The average molecular weight is 405 g/mol. The molecule has 1 aliphatic heterocycles. The van der Waals surface area contributed by atoms with Gasteiger partial charge in [0.1, 0.15) is 12.4 Å². The second-order valence-electron chi connectivity index (χ2n) is 7.93. The van der Waals surface area contributed by atoms with E-state index in [2.05, 4.69) is 39.4 Å². The molecule has 0 saturated heterocycles. The van der Waals surface area contributed by atoms with Crippen molar-refractivity contribution < 1.29 is 9.53 Å². The molecule has 4 rings (SSSR count). The normalized spacial score (nSPS) is 13.9. The summed E-state index contributed by atoms with van der Waals surface area (Å²) in [6.07, 6.45) is 3.17. The molecule has 0 fully saturated rings. The summed E-state index contributed by atoms with van der Waals surface area (Å²) < 4.78 is 5.99. The number of carbonyl (C=O) groups is 1. The standard InChI is InChI=1S/C24H28N4O2/c1-27(2)23(29)11-9-18-8-10-22-20(14-18)16-28(12-13-30-22)17-21-15-25-26-24(21)19-6-4-3-5-7-19/h3-8,10,14-15H,9,11-13,16-17H2,1-2H3,(H,25,26). The predicted octanol–water partition coefficient (Wildman–Crippen LogP) is 3.49. The van der Waals surface area contributed by atoms with Crippen LogP contribution in [0.2, 0.25) is 0 Å². The molecule has 0 radical (unpaired) electrons. The van der Waals surface area contributed by atoms with Crippen molar-refractivity contribution >= 4 is 5.91 Å². The van der Waals surface area contributed by atoms with E-state index in [1.807, 2.05) is 30.5 Å². The number of fused-ring (bicyclic) bond motifs is 1. The Bertz CT molecular complexity index is 997. The van der Waals surface area contributed by atoms with Crippen LogP contribution >= 0.6 is 0 Å². The summed E-state index contributed by atoms with van der Waals surface area (Å²) in [4.78, 5) is 16.0. The van der Waals surface area contributed by atoms with Crippen LogP contribution in [0.15, 0.2) is 54.7 Å². The van der Waals surface area contributed by atoms with Gasteiger partial charge in [0.25, 0.3) is 0 Å². The molecule has 1 aliphatic rings. The lowest BCUT2D eigenvalue weighted by Crippen LogP contribution is -2.25. The van der Waals surface area contributed by atoms with Crippen molar-refractivity contribution in [3.63, 3.8) is 0 Å². The molecule has 30 heavy (non-hydrogen) atoms. The zero-order valence-corrected chi connectivity index (χ0v) is 17.6. The Balaban J connectivity index is 1.48. The molecule has 3 aromatic rings. The second-order valence-corrected chi connectivity index (χ2v) is 7.93. The number of carbonyl (C=O) groups excluding carboxylic acids is 1. The molecule has 6 nitrogen and oxygen atoms in total. The number of aryl methyl sites for hydroxylation is 1. The van der Waals surface area contributed by atoms with Crippen LogP contribution in [0.5, 0.6) is 5.75 Å². The lowest BCUT2D eigenvalue weighted by Gasteiger charge is -2.19. The van der Waals surface area contributed by atoms with Crippen molar-refractivity contribution in [2.75, 3.05) is 27.2 Å². The van der Waals surface area contributed by atoms with Gasteiger partial charge in [0.2, 0.25) is 5.91 Å². The minimum absolute atomic E-state index is 0.149. The third-order valence-electron chi connectivity index (χ3n) is 5.48. The Labute approximate surface area is 177 Å². The average Bonchev–Trinajstić information content (AvgIpc) is 3.12. The van der Waals surface area contributed by atoms with Gasteiger partial charge in [-0.1, -0.05) is 42.5 Å². The van der Waals surface area contributed by atoms with E-state index < -0.39 is 0 Å². The number of ether oxygens (including phenoxy) is 1. The number of aromatic amines is 1. The van der Waals surface area contributed by atoms with Crippen molar-refractivity contribution in [2.24, 2.45) is 0 Å². The second kappa shape index (κ2) is 9.13. The summed E-state index contributed by atoms with van der Waals surface area (Å²) in [6, 6.07) is 16.6. The Kier molecular flexibility index (Phi) is 6.14. The number of benzene rings is 2. The van der Waals surface area contributed by atoms with E-state index in [0.717, 1.165) is 43.1 Å². The Morgan fingerprint density at radius 1 is 1.20 bits per heavy atom. The monoisotopic (exact) mass is 404 g/mol. The van der Waals surface area contributed by atoms with Gasteiger partial charge < -0.3 is 9.64 Å². The number of aromatic nitrogens is 2. The summed E-state index contributed by atoms with van der Waals surface area (Å²) >= 11 is 0. The molecule has 2 aromatic carbocycles. The topological polar surface area (TPSA) is 61.5 Å². The van der Waals surface area contributed by atoms with Crippen molar-refractivity contribution in [3.8, 4) is 17.0 Å². The van der Waals surface area contributed by atoms with Crippen LogP contribution in [-0.2, 0) is 24.3 Å². The minimum atomic E-state index is 0.149. The van der Waals surface area contributed by atoms with Crippen molar-refractivity contribution in [2.45, 2.75) is 25.9 Å². The molecule has 156 valence electrons. The van der Waals surface area contributed by atoms with Gasteiger partial charge >= 0.3 is 0 Å². The van der Waals surface area contributed by atoms with Crippen LogP contribution in [0, 0.1) is 0 Å².